The van der Waals surface area contributed by atoms with Crippen molar-refractivity contribution in [3.8, 4) is 0 Å². The van der Waals surface area contributed by atoms with Crippen molar-refractivity contribution in [3.05, 3.63) is 65.2 Å². The van der Waals surface area contributed by atoms with Crippen LogP contribution in [-0.2, 0) is 22.4 Å². The van der Waals surface area contributed by atoms with Crippen LogP contribution in [0.2, 0.25) is 0 Å². The third-order valence-corrected chi connectivity index (χ3v) is 4.11. The molecular formula is C21H24N2O3. The number of rotatable bonds is 3. The van der Waals surface area contributed by atoms with Crippen LogP contribution in [0.4, 0.5) is 10.5 Å². The molecular weight excluding hydrogens is 328 g/mol. The lowest BCUT2D eigenvalue weighted by Gasteiger charge is -2.27. The predicted molar refractivity (Wildman–Crippen MR) is 101 cm³/mol. The van der Waals surface area contributed by atoms with E-state index in [2.05, 4.69) is 28.8 Å². The Morgan fingerprint density at radius 2 is 1.88 bits per heavy atom. The number of carbonyl (C=O) groups is 2. The first-order chi connectivity index (χ1) is 12.3. The van der Waals surface area contributed by atoms with Crippen LogP contribution in [0.5, 0.6) is 0 Å². The topological polar surface area (TPSA) is 67.4 Å². The molecule has 5 nitrogen and oxygen atoms in total. The molecule has 0 aromatic heterocycles. The Bertz CT molecular complexity index is 810. The van der Waals surface area contributed by atoms with Gasteiger partial charge in [-0.15, -0.1) is 0 Å². The molecule has 26 heavy (non-hydrogen) atoms. The molecule has 1 aliphatic heterocycles. The van der Waals surface area contributed by atoms with Crippen molar-refractivity contribution in [2.75, 3.05) is 5.32 Å². The number of fused-ring (bicyclic) bond motifs is 1. The largest absolute Gasteiger partial charge is 0.444 e. The van der Waals surface area contributed by atoms with Crippen molar-refractivity contribution in [1.82, 2.24) is 5.32 Å². The first kappa shape index (κ1) is 18.0. The Morgan fingerprint density at radius 3 is 2.58 bits per heavy atom. The summed E-state index contributed by atoms with van der Waals surface area (Å²) in [6, 6.07) is 15.6. The van der Waals surface area contributed by atoms with Crippen LogP contribution in [0.1, 0.15) is 37.5 Å². The summed E-state index contributed by atoms with van der Waals surface area (Å²) in [5.74, 6) is -0.223. The molecule has 0 saturated carbocycles. The maximum Gasteiger partial charge on any atom is 0.408 e. The number of hydrogen-bond acceptors (Lipinski definition) is 3. The summed E-state index contributed by atoms with van der Waals surface area (Å²) in [6.07, 6.45) is 0.691. The van der Waals surface area contributed by atoms with Gasteiger partial charge in [-0.3, -0.25) is 4.79 Å². The second-order valence-electron chi connectivity index (χ2n) is 7.55. The van der Waals surface area contributed by atoms with Gasteiger partial charge in [0.15, 0.2) is 0 Å². The van der Waals surface area contributed by atoms with E-state index in [1.54, 1.807) is 20.8 Å². The number of amides is 2. The van der Waals surface area contributed by atoms with Crippen molar-refractivity contribution in [2.45, 2.75) is 45.3 Å². The molecule has 0 unspecified atom stereocenters. The molecule has 0 radical (unpaired) electrons. The smallest absolute Gasteiger partial charge is 0.408 e. The molecule has 1 atom stereocenters. The molecule has 136 valence electrons. The number of ether oxygens (including phenoxy) is 1. The molecule has 1 aliphatic rings. The zero-order valence-corrected chi connectivity index (χ0v) is 15.3. The SMILES string of the molecule is CC(C)(C)OC(=O)N[C@H]1Cc2cc(Cc3ccccc3)ccc2NC1=O. The number of anilines is 1. The highest BCUT2D eigenvalue weighted by atomic mass is 16.6. The lowest BCUT2D eigenvalue weighted by Crippen LogP contribution is -2.49. The van der Waals surface area contributed by atoms with Crippen molar-refractivity contribution in [2.24, 2.45) is 0 Å². The third-order valence-electron chi connectivity index (χ3n) is 4.11. The first-order valence-electron chi connectivity index (χ1n) is 8.76. The van der Waals surface area contributed by atoms with Crippen LogP contribution in [0.3, 0.4) is 0 Å². The van der Waals surface area contributed by atoms with Gasteiger partial charge in [-0.25, -0.2) is 4.79 Å². The Hall–Kier alpha value is -2.82. The normalized spacial score (nSPS) is 16.4. The van der Waals surface area contributed by atoms with Gasteiger partial charge in [0, 0.05) is 12.1 Å². The maximum atomic E-state index is 12.3. The van der Waals surface area contributed by atoms with Gasteiger partial charge in [0.2, 0.25) is 5.91 Å². The Morgan fingerprint density at radius 1 is 1.15 bits per heavy atom. The first-order valence-corrected chi connectivity index (χ1v) is 8.76. The molecule has 0 aliphatic carbocycles. The van der Waals surface area contributed by atoms with Gasteiger partial charge in [-0.05, 0) is 49.9 Å². The molecule has 1 heterocycles. The van der Waals surface area contributed by atoms with Crippen LogP contribution in [0.15, 0.2) is 48.5 Å². The molecule has 5 heteroatoms. The van der Waals surface area contributed by atoms with Crippen molar-refractivity contribution < 1.29 is 14.3 Å². The van der Waals surface area contributed by atoms with Crippen LogP contribution >= 0.6 is 0 Å². The maximum absolute atomic E-state index is 12.3. The highest BCUT2D eigenvalue weighted by molar-refractivity contribution is 5.99. The fraction of sp³-hybridized carbons (Fsp3) is 0.333. The number of nitrogens with one attached hydrogen (secondary N) is 2. The molecule has 2 aromatic carbocycles. The summed E-state index contributed by atoms with van der Waals surface area (Å²) in [5, 5.41) is 5.52. The number of alkyl carbamates (subject to hydrolysis) is 1. The molecule has 0 spiro atoms. The van der Waals surface area contributed by atoms with Crippen LogP contribution < -0.4 is 10.6 Å². The predicted octanol–water partition coefficient (Wildman–Crippen LogP) is 3.67. The Balaban J connectivity index is 1.72. The Labute approximate surface area is 153 Å². The molecule has 2 amide bonds. The van der Waals surface area contributed by atoms with Crippen LogP contribution in [0.25, 0.3) is 0 Å². The zero-order chi connectivity index (χ0) is 18.7. The molecule has 2 N–H and O–H groups in total. The molecule has 3 rings (SSSR count). The quantitative estimate of drug-likeness (QED) is 0.886. The highest BCUT2D eigenvalue weighted by Crippen LogP contribution is 2.25. The van der Waals surface area contributed by atoms with Gasteiger partial charge in [0.1, 0.15) is 11.6 Å². The highest BCUT2D eigenvalue weighted by Gasteiger charge is 2.29. The van der Waals surface area contributed by atoms with Gasteiger partial charge in [-0.2, -0.15) is 0 Å². The fourth-order valence-electron chi connectivity index (χ4n) is 2.98. The van der Waals surface area contributed by atoms with E-state index in [1.807, 2.05) is 30.3 Å². The van der Waals surface area contributed by atoms with Gasteiger partial charge in [0.25, 0.3) is 0 Å². The van der Waals surface area contributed by atoms with Gasteiger partial charge < -0.3 is 15.4 Å². The lowest BCUT2D eigenvalue weighted by atomic mass is 9.95. The minimum Gasteiger partial charge on any atom is -0.444 e. The summed E-state index contributed by atoms with van der Waals surface area (Å²) in [7, 11) is 0. The van der Waals surface area contributed by atoms with Crippen LogP contribution in [-0.4, -0.2) is 23.6 Å². The molecule has 2 aromatic rings. The third kappa shape index (κ3) is 4.63. The molecule has 0 fully saturated rings. The van der Waals surface area contributed by atoms with E-state index in [0.29, 0.717) is 6.42 Å². The van der Waals surface area contributed by atoms with E-state index in [0.717, 1.165) is 17.7 Å². The van der Waals surface area contributed by atoms with Gasteiger partial charge >= 0.3 is 6.09 Å². The summed E-state index contributed by atoms with van der Waals surface area (Å²) in [4.78, 5) is 24.2. The average Bonchev–Trinajstić information content (AvgIpc) is 2.55. The van der Waals surface area contributed by atoms with Crippen molar-refractivity contribution in [3.63, 3.8) is 0 Å². The van der Waals surface area contributed by atoms with E-state index in [9.17, 15) is 9.59 Å². The van der Waals surface area contributed by atoms with Crippen LogP contribution in [0, 0.1) is 0 Å². The van der Waals surface area contributed by atoms with E-state index in [1.165, 1.54) is 11.1 Å². The number of hydrogen-bond donors (Lipinski definition) is 2. The van der Waals surface area contributed by atoms with Gasteiger partial charge in [0.05, 0.1) is 0 Å². The monoisotopic (exact) mass is 352 g/mol. The molecule has 0 bridgehead atoms. The second-order valence-corrected chi connectivity index (χ2v) is 7.55. The van der Waals surface area contributed by atoms with Gasteiger partial charge in [-0.1, -0.05) is 42.5 Å². The summed E-state index contributed by atoms with van der Waals surface area (Å²) in [6.45, 7) is 5.37. The average molecular weight is 352 g/mol. The summed E-state index contributed by atoms with van der Waals surface area (Å²) < 4.78 is 5.25. The summed E-state index contributed by atoms with van der Waals surface area (Å²) in [5.41, 5.74) is 3.61. The van der Waals surface area contributed by atoms with Crippen molar-refractivity contribution in [1.29, 1.82) is 0 Å². The number of carbonyl (C=O) groups excluding carboxylic acids is 2. The zero-order valence-electron chi connectivity index (χ0n) is 15.3. The van der Waals surface area contributed by atoms with E-state index in [-0.39, 0.29) is 5.91 Å². The standard InChI is InChI=1S/C21H24N2O3/c1-21(2,3)26-20(25)23-18-13-16-12-15(9-10-17(16)22-19(18)24)11-14-7-5-4-6-8-14/h4-10,12,18H,11,13H2,1-3H3,(H,22,24)(H,23,25)/t18-/m0/s1. The molecule has 0 saturated heterocycles. The second kappa shape index (κ2) is 7.20. The minimum absolute atomic E-state index is 0.223. The van der Waals surface area contributed by atoms with Crippen molar-refractivity contribution >= 4 is 17.7 Å². The fourth-order valence-corrected chi connectivity index (χ4v) is 2.98. The Kier molecular flexibility index (Phi) is 4.98. The van der Waals surface area contributed by atoms with E-state index in [4.69, 9.17) is 4.74 Å². The van der Waals surface area contributed by atoms with E-state index < -0.39 is 17.7 Å². The minimum atomic E-state index is -0.635. The number of benzene rings is 2. The van der Waals surface area contributed by atoms with E-state index >= 15 is 0 Å². The lowest BCUT2D eigenvalue weighted by molar-refractivity contribution is -0.118. The summed E-state index contributed by atoms with van der Waals surface area (Å²) >= 11 is 0.